The minimum atomic E-state index is -0.437. The standard InChI is InChI=1S/C14H13N5O3S/c1-3-18-10-5-4-9(19(21)22)8-12(10)23-14(18)16-13(20)11-6-7-15-17(11)2/h4-8H,3H2,1-2H3. The molecular weight excluding hydrogens is 318 g/mol. The van der Waals surface area contributed by atoms with Gasteiger partial charge >= 0.3 is 0 Å². The summed E-state index contributed by atoms with van der Waals surface area (Å²) in [5.41, 5.74) is 1.22. The number of benzene rings is 1. The van der Waals surface area contributed by atoms with E-state index in [-0.39, 0.29) is 5.69 Å². The second-order valence-corrected chi connectivity index (χ2v) is 5.80. The van der Waals surface area contributed by atoms with Gasteiger partial charge in [-0.15, -0.1) is 0 Å². The van der Waals surface area contributed by atoms with Crippen LogP contribution in [-0.2, 0) is 13.6 Å². The van der Waals surface area contributed by atoms with Crippen molar-refractivity contribution in [3.05, 3.63) is 51.1 Å². The molecule has 8 nitrogen and oxygen atoms in total. The second-order valence-electron chi connectivity index (χ2n) is 4.80. The lowest BCUT2D eigenvalue weighted by atomic mass is 10.3. The third kappa shape index (κ3) is 2.66. The molecule has 9 heteroatoms. The Labute approximate surface area is 134 Å². The number of hydrogen-bond acceptors (Lipinski definition) is 5. The first kappa shape index (κ1) is 15.1. The SMILES string of the molecule is CCn1c(=NC(=O)c2ccnn2C)sc2cc([N+](=O)[O-])ccc21. The van der Waals surface area contributed by atoms with Gasteiger partial charge in [0.05, 0.1) is 15.1 Å². The summed E-state index contributed by atoms with van der Waals surface area (Å²) < 4.78 is 4.04. The number of carbonyl (C=O) groups excluding carboxylic acids is 1. The summed E-state index contributed by atoms with van der Waals surface area (Å²) >= 11 is 1.25. The molecule has 0 saturated heterocycles. The number of nitro benzene ring substituents is 1. The highest BCUT2D eigenvalue weighted by atomic mass is 32.1. The summed E-state index contributed by atoms with van der Waals surface area (Å²) in [6.07, 6.45) is 1.53. The quantitative estimate of drug-likeness (QED) is 0.542. The molecule has 0 aliphatic heterocycles. The number of carbonyl (C=O) groups is 1. The van der Waals surface area contributed by atoms with Crippen LogP contribution in [0, 0.1) is 10.1 Å². The molecule has 0 unspecified atom stereocenters. The predicted molar refractivity (Wildman–Crippen MR) is 85.2 cm³/mol. The number of amides is 1. The average Bonchev–Trinajstić information content (AvgIpc) is 3.09. The summed E-state index contributed by atoms with van der Waals surface area (Å²) in [6, 6.07) is 6.23. The number of aryl methyl sites for hydroxylation is 2. The highest BCUT2D eigenvalue weighted by Crippen LogP contribution is 2.23. The van der Waals surface area contributed by atoms with E-state index in [9.17, 15) is 14.9 Å². The van der Waals surface area contributed by atoms with Crippen LogP contribution in [0.25, 0.3) is 10.2 Å². The Balaban J connectivity index is 2.17. The predicted octanol–water partition coefficient (Wildman–Crippen LogP) is 2.11. The molecule has 1 aromatic carbocycles. The first-order valence-electron chi connectivity index (χ1n) is 6.86. The minimum Gasteiger partial charge on any atom is -0.317 e. The number of thiazole rings is 1. The molecule has 0 N–H and O–H groups in total. The fraction of sp³-hybridized carbons (Fsp3) is 0.214. The van der Waals surface area contributed by atoms with Gasteiger partial charge in [0.15, 0.2) is 4.80 Å². The first-order chi connectivity index (χ1) is 11.0. The van der Waals surface area contributed by atoms with Crippen molar-refractivity contribution in [2.75, 3.05) is 0 Å². The minimum absolute atomic E-state index is 0.0199. The van der Waals surface area contributed by atoms with Crippen molar-refractivity contribution in [2.45, 2.75) is 13.5 Å². The van der Waals surface area contributed by atoms with Crippen LogP contribution in [0.2, 0.25) is 0 Å². The summed E-state index contributed by atoms with van der Waals surface area (Å²) in [6.45, 7) is 2.54. The van der Waals surface area contributed by atoms with Crippen LogP contribution in [0.4, 0.5) is 5.69 Å². The number of hydrogen-bond donors (Lipinski definition) is 0. The Kier molecular flexibility index (Phi) is 3.78. The van der Waals surface area contributed by atoms with Crippen molar-refractivity contribution < 1.29 is 9.72 Å². The number of fused-ring (bicyclic) bond motifs is 1. The van der Waals surface area contributed by atoms with Gasteiger partial charge in [-0.25, -0.2) is 0 Å². The fourth-order valence-corrected chi connectivity index (χ4v) is 3.42. The summed E-state index contributed by atoms with van der Waals surface area (Å²) in [7, 11) is 1.67. The van der Waals surface area contributed by atoms with Gasteiger partial charge in [0.2, 0.25) is 0 Å². The van der Waals surface area contributed by atoms with Crippen molar-refractivity contribution in [3.63, 3.8) is 0 Å². The molecule has 2 heterocycles. The highest BCUT2D eigenvalue weighted by Gasteiger charge is 2.13. The molecular formula is C14H13N5O3S. The molecule has 0 atom stereocenters. The van der Waals surface area contributed by atoms with E-state index >= 15 is 0 Å². The summed E-state index contributed by atoms with van der Waals surface area (Å²) in [5.74, 6) is -0.395. The molecule has 0 aliphatic rings. The molecule has 1 amide bonds. The van der Waals surface area contributed by atoms with Crippen LogP contribution >= 0.6 is 11.3 Å². The molecule has 0 spiro atoms. The normalized spacial score (nSPS) is 12.0. The van der Waals surface area contributed by atoms with Crippen LogP contribution in [-0.4, -0.2) is 25.2 Å². The maximum absolute atomic E-state index is 12.3. The zero-order valence-electron chi connectivity index (χ0n) is 12.5. The van der Waals surface area contributed by atoms with Gasteiger partial charge in [0.1, 0.15) is 5.69 Å². The monoisotopic (exact) mass is 331 g/mol. The zero-order chi connectivity index (χ0) is 16.6. The average molecular weight is 331 g/mol. The largest absolute Gasteiger partial charge is 0.317 e. The smallest absolute Gasteiger partial charge is 0.297 e. The van der Waals surface area contributed by atoms with Crippen molar-refractivity contribution >= 4 is 33.1 Å². The van der Waals surface area contributed by atoms with Crippen molar-refractivity contribution in [1.82, 2.24) is 14.3 Å². The van der Waals surface area contributed by atoms with Crippen molar-refractivity contribution in [2.24, 2.45) is 12.0 Å². The van der Waals surface area contributed by atoms with Crippen LogP contribution in [0.3, 0.4) is 0 Å². The number of nitro groups is 1. The number of aromatic nitrogens is 3. The van der Waals surface area contributed by atoms with E-state index < -0.39 is 10.8 Å². The van der Waals surface area contributed by atoms with Gasteiger partial charge in [0.25, 0.3) is 11.6 Å². The van der Waals surface area contributed by atoms with Gasteiger partial charge in [-0.05, 0) is 19.1 Å². The Bertz CT molecular complexity index is 982. The van der Waals surface area contributed by atoms with Gasteiger partial charge in [0, 0.05) is 31.9 Å². The van der Waals surface area contributed by atoms with Crippen molar-refractivity contribution in [3.8, 4) is 0 Å². The fourth-order valence-electron chi connectivity index (χ4n) is 2.29. The second kappa shape index (κ2) is 5.76. The number of nitrogens with zero attached hydrogens (tertiary/aromatic N) is 5. The van der Waals surface area contributed by atoms with E-state index in [1.54, 1.807) is 19.2 Å². The van der Waals surface area contributed by atoms with Crippen LogP contribution in [0.5, 0.6) is 0 Å². The lowest BCUT2D eigenvalue weighted by Gasteiger charge is -2.00. The third-order valence-electron chi connectivity index (χ3n) is 3.43. The van der Waals surface area contributed by atoms with E-state index in [1.165, 1.54) is 34.3 Å². The molecule has 118 valence electrons. The molecule has 0 bridgehead atoms. The van der Waals surface area contributed by atoms with E-state index in [0.717, 1.165) is 10.2 Å². The van der Waals surface area contributed by atoms with E-state index in [1.807, 2.05) is 11.5 Å². The lowest BCUT2D eigenvalue weighted by molar-refractivity contribution is -0.384. The van der Waals surface area contributed by atoms with Gasteiger partial charge < -0.3 is 4.57 Å². The van der Waals surface area contributed by atoms with E-state index in [4.69, 9.17) is 0 Å². The molecule has 3 aromatic rings. The Morgan fingerprint density at radius 1 is 1.43 bits per heavy atom. The maximum Gasteiger partial charge on any atom is 0.297 e. The van der Waals surface area contributed by atoms with Gasteiger partial charge in [-0.1, -0.05) is 11.3 Å². The van der Waals surface area contributed by atoms with E-state index in [2.05, 4.69) is 10.1 Å². The molecule has 0 aliphatic carbocycles. The Morgan fingerprint density at radius 3 is 2.83 bits per heavy atom. The van der Waals surface area contributed by atoms with Crippen LogP contribution < -0.4 is 4.80 Å². The molecule has 0 fully saturated rings. The van der Waals surface area contributed by atoms with Crippen molar-refractivity contribution in [1.29, 1.82) is 0 Å². The van der Waals surface area contributed by atoms with E-state index in [0.29, 0.717) is 17.0 Å². The topological polar surface area (TPSA) is 95.3 Å². The third-order valence-corrected chi connectivity index (χ3v) is 4.47. The molecule has 2 aromatic heterocycles. The number of non-ortho nitro benzene ring substituents is 1. The molecule has 0 saturated carbocycles. The highest BCUT2D eigenvalue weighted by molar-refractivity contribution is 7.16. The molecule has 3 rings (SSSR count). The van der Waals surface area contributed by atoms with Crippen LogP contribution in [0.15, 0.2) is 35.5 Å². The zero-order valence-corrected chi connectivity index (χ0v) is 13.3. The van der Waals surface area contributed by atoms with Crippen LogP contribution in [0.1, 0.15) is 17.4 Å². The molecule has 0 radical (unpaired) electrons. The molecule has 23 heavy (non-hydrogen) atoms. The van der Waals surface area contributed by atoms with Gasteiger partial charge in [-0.3, -0.25) is 19.6 Å². The van der Waals surface area contributed by atoms with Gasteiger partial charge in [-0.2, -0.15) is 10.1 Å². The summed E-state index contributed by atoms with van der Waals surface area (Å²) in [5, 5.41) is 14.8. The Hall–Kier alpha value is -2.81. The maximum atomic E-state index is 12.3. The summed E-state index contributed by atoms with van der Waals surface area (Å²) in [4.78, 5) is 27.4. The Morgan fingerprint density at radius 2 is 2.22 bits per heavy atom. The first-order valence-corrected chi connectivity index (χ1v) is 7.67. The lowest BCUT2D eigenvalue weighted by Crippen LogP contribution is -2.17. The number of rotatable bonds is 3.